The van der Waals surface area contributed by atoms with E-state index in [1.807, 2.05) is 48.0 Å². The van der Waals surface area contributed by atoms with Crippen LogP contribution in [0.2, 0.25) is 0 Å². The Morgan fingerprint density at radius 2 is 1.93 bits per heavy atom. The Kier molecular flexibility index (Phi) is 4.87. The van der Waals surface area contributed by atoms with E-state index in [0.29, 0.717) is 13.0 Å². The third-order valence-electron chi connectivity index (χ3n) is 4.88. The van der Waals surface area contributed by atoms with Crippen LogP contribution in [0.4, 0.5) is 0 Å². The number of nitrogens with zero attached hydrogens (tertiary/aromatic N) is 4. The third-order valence-corrected chi connectivity index (χ3v) is 4.88. The van der Waals surface area contributed by atoms with Crippen LogP contribution in [0.25, 0.3) is 16.6 Å². The maximum absolute atomic E-state index is 12.2. The molecular formula is C21H23N5O. The van der Waals surface area contributed by atoms with Crippen LogP contribution in [0.3, 0.4) is 0 Å². The van der Waals surface area contributed by atoms with Gasteiger partial charge in [-0.05, 0) is 36.6 Å². The third kappa shape index (κ3) is 3.69. The highest BCUT2D eigenvalue weighted by Crippen LogP contribution is 2.21. The van der Waals surface area contributed by atoms with E-state index < -0.39 is 0 Å². The van der Waals surface area contributed by atoms with Crippen molar-refractivity contribution < 1.29 is 4.79 Å². The number of pyridine rings is 1. The molecule has 0 aliphatic heterocycles. The predicted molar refractivity (Wildman–Crippen MR) is 106 cm³/mol. The van der Waals surface area contributed by atoms with Gasteiger partial charge in [0.05, 0.1) is 0 Å². The fourth-order valence-electron chi connectivity index (χ4n) is 3.50. The summed E-state index contributed by atoms with van der Waals surface area (Å²) in [6.45, 7) is 0.649. The highest BCUT2D eigenvalue weighted by Gasteiger charge is 2.09. The minimum atomic E-state index is 0.0917. The molecule has 4 rings (SSSR count). The first kappa shape index (κ1) is 17.3. The number of para-hydroxylation sites is 1. The molecule has 0 saturated heterocycles. The maximum atomic E-state index is 12.2. The van der Waals surface area contributed by atoms with Crippen molar-refractivity contribution in [3.8, 4) is 0 Å². The first-order chi connectivity index (χ1) is 13.2. The number of aromatic nitrogens is 4. The zero-order valence-electron chi connectivity index (χ0n) is 15.4. The van der Waals surface area contributed by atoms with Gasteiger partial charge >= 0.3 is 0 Å². The number of nitrogens with one attached hydrogen (secondary N) is 1. The SMILES string of the molecule is Cn1cc(CCC(=O)NCCCc2nnc3ccccn23)c2ccccc21. The van der Waals surface area contributed by atoms with Gasteiger partial charge in [-0.2, -0.15) is 0 Å². The number of benzene rings is 1. The molecule has 1 amide bonds. The standard InChI is InChI=1S/C21H23N5O/c1-25-15-16(17-7-2-3-8-18(17)25)11-12-21(27)22-13-6-10-20-24-23-19-9-4-5-14-26(19)20/h2-5,7-9,14-15H,6,10-13H2,1H3,(H,22,27). The van der Waals surface area contributed by atoms with E-state index >= 15 is 0 Å². The van der Waals surface area contributed by atoms with E-state index in [0.717, 1.165) is 30.7 Å². The normalized spacial score (nSPS) is 11.3. The lowest BCUT2D eigenvalue weighted by atomic mass is 10.1. The lowest BCUT2D eigenvalue weighted by Gasteiger charge is -2.05. The van der Waals surface area contributed by atoms with Crippen LogP contribution >= 0.6 is 0 Å². The average molecular weight is 361 g/mol. The monoisotopic (exact) mass is 361 g/mol. The predicted octanol–water partition coefficient (Wildman–Crippen LogP) is 2.90. The van der Waals surface area contributed by atoms with Crippen molar-refractivity contribution in [2.75, 3.05) is 6.54 Å². The quantitative estimate of drug-likeness (QED) is 0.515. The van der Waals surface area contributed by atoms with Gasteiger partial charge in [-0.25, -0.2) is 0 Å². The summed E-state index contributed by atoms with van der Waals surface area (Å²) in [7, 11) is 2.04. The van der Waals surface area contributed by atoms with Crippen molar-refractivity contribution in [3.05, 3.63) is 66.2 Å². The van der Waals surface area contributed by atoms with Crippen LogP contribution in [0, 0.1) is 0 Å². The molecule has 0 aliphatic rings. The van der Waals surface area contributed by atoms with Crippen molar-refractivity contribution in [2.45, 2.75) is 25.7 Å². The van der Waals surface area contributed by atoms with E-state index in [4.69, 9.17) is 0 Å². The molecule has 0 unspecified atom stereocenters. The summed E-state index contributed by atoms with van der Waals surface area (Å²) in [6.07, 6.45) is 6.97. The Balaban J connectivity index is 1.25. The van der Waals surface area contributed by atoms with Crippen molar-refractivity contribution in [1.82, 2.24) is 24.5 Å². The summed E-state index contributed by atoms with van der Waals surface area (Å²) in [5.41, 5.74) is 3.28. The van der Waals surface area contributed by atoms with Crippen LogP contribution in [0.15, 0.2) is 54.9 Å². The molecule has 0 saturated carbocycles. The van der Waals surface area contributed by atoms with Crippen LogP contribution in [0.1, 0.15) is 24.2 Å². The van der Waals surface area contributed by atoms with Gasteiger partial charge in [-0.15, -0.1) is 10.2 Å². The Hall–Kier alpha value is -3.15. The van der Waals surface area contributed by atoms with Gasteiger partial charge in [0, 0.05) is 49.7 Å². The molecule has 0 spiro atoms. The van der Waals surface area contributed by atoms with E-state index in [-0.39, 0.29) is 5.91 Å². The first-order valence-corrected chi connectivity index (χ1v) is 9.30. The molecule has 138 valence electrons. The molecule has 0 aliphatic carbocycles. The van der Waals surface area contributed by atoms with Crippen LogP contribution in [0.5, 0.6) is 0 Å². The van der Waals surface area contributed by atoms with Crippen molar-refractivity contribution in [2.24, 2.45) is 7.05 Å². The summed E-state index contributed by atoms with van der Waals surface area (Å²) in [5.74, 6) is 1.02. The number of hydrogen-bond donors (Lipinski definition) is 1. The Bertz CT molecular complexity index is 1080. The number of amides is 1. The van der Waals surface area contributed by atoms with Gasteiger partial charge in [-0.3, -0.25) is 9.20 Å². The van der Waals surface area contributed by atoms with Crippen molar-refractivity contribution >= 4 is 22.5 Å². The van der Waals surface area contributed by atoms with E-state index in [9.17, 15) is 4.79 Å². The molecule has 6 nitrogen and oxygen atoms in total. The second kappa shape index (κ2) is 7.61. The molecule has 4 aromatic rings. The molecule has 1 aromatic carbocycles. The number of hydrogen-bond acceptors (Lipinski definition) is 3. The Labute approximate surface area is 157 Å². The van der Waals surface area contributed by atoms with Crippen molar-refractivity contribution in [1.29, 1.82) is 0 Å². The van der Waals surface area contributed by atoms with Crippen LogP contribution in [-0.4, -0.2) is 31.6 Å². The minimum Gasteiger partial charge on any atom is -0.356 e. The number of fused-ring (bicyclic) bond motifs is 2. The van der Waals surface area contributed by atoms with Crippen LogP contribution in [-0.2, 0) is 24.7 Å². The molecule has 0 bridgehead atoms. The fraction of sp³-hybridized carbons (Fsp3) is 0.286. The molecule has 3 heterocycles. The summed E-state index contributed by atoms with van der Waals surface area (Å²) in [6, 6.07) is 14.2. The van der Waals surface area contributed by atoms with E-state index in [1.54, 1.807) is 0 Å². The summed E-state index contributed by atoms with van der Waals surface area (Å²) < 4.78 is 4.10. The highest BCUT2D eigenvalue weighted by molar-refractivity contribution is 5.84. The molecule has 3 aromatic heterocycles. The molecule has 0 atom stereocenters. The second-order valence-electron chi connectivity index (χ2n) is 6.78. The maximum Gasteiger partial charge on any atom is 0.220 e. The van der Waals surface area contributed by atoms with Crippen molar-refractivity contribution in [3.63, 3.8) is 0 Å². The topological polar surface area (TPSA) is 64.2 Å². The fourth-order valence-corrected chi connectivity index (χ4v) is 3.50. The van der Waals surface area contributed by atoms with Gasteiger partial charge in [0.1, 0.15) is 5.82 Å². The molecular weight excluding hydrogens is 338 g/mol. The van der Waals surface area contributed by atoms with E-state index in [1.165, 1.54) is 16.5 Å². The van der Waals surface area contributed by atoms with Gasteiger partial charge in [-0.1, -0.05) is 24.3 Å². The number of rotatable bonds is 7. The van der Waals surface area contributed by atoms with E-state index in [2.05, 4.69) is 38.4 Å². The summed E-state index contributed by atoms with van der Waals surface area (Å²) in [5, 5.41) is 12.6. The molecule has 0 radical (unpaired) electrons. The second-order valence-corrected chi connectivity index (χ2v) is 6.78. The smallest absolute Gasteiger partial charge is 0.220 e. The Morgan fingerprint density at radius 3 is 2.85 bits per heavy atom. The molecule has 27 heavy (non-hydrogen) atoms. The number of carbonyl (C=O) groups is 1. The number of carbonyl (C=O) groups excluding carboxylic acids is 1. The molecule has 6 heteroatoms. The zero-order valence-corrected chi connectivity index (χ0v) is 15.4. The summed E-state index contributed by atoms with van der Waals surface area (Å²) in [4.78, 5) is 12.2. The number of aryl methyl sites for hydroxylation is 3. The highest BCUT2D eigenvalue weighted by atomic mass is 16.1. The first-order valence-electron chi connectivity index (χ1n) is 9.30. The lowest BCUT2D eigenvalue weighted by Crippen LogP contribution is -2.25. The Morgan fingerprint density at radius 1 is 1.07 bits per heavy atom. The average Bonchev–Trinajstić information content (AvgIpc) is 3.25. The largest absolute Gasteiger partial charge is 0.356 e. The van der Waals surface area contributed by atoms with Gasteiger partial charge in [0.2, 0.25) is 5.91 Å². The van der Waals surface area contributed by atoms with Crippen LogP contribution < -0.4 is 5.32 Å². The lowest BCUT2D eigenvalue weighted by molar-refractivity contribution is -0.121. The van der Waals surface area contributed by atoms with Gasteiger partial charge < -0.3 is 9.88 Å². The van der Waals surface area contributed by atoms with Gasteiger partial charge in [0.15, 0.2) is 5.65 Å². The molecule has 0 fully saturated rings. The zero-order chi connectivity index (χ0) is 18.6. The minimum absolute atomic E-state index is 0.0917. The molecule has 1 N–H and O–H groups in total. The van der Waals surface area contributed by atoms with Gasteiger partial charge in [0.25, 0.3) is 0 Å². The summed E-state index contributed by atoms with van der Waals surface area (Å²) >= 11 is 0.